The first-order valence-corrected chi connectivity index (χ1v) is 7.55. The number of cyclic esters (lactones) is 1. The maximum absolute atomic E-state index is 12.7. The minimum Gasteiger partial charge on any atom is -0.497 e. The van der Waals surface area contributed by atoms with E-state index < -0.39 is 6.09 Å². The summed E-state index contributed by atoms with van der Waals surface area (Å²) >= 11 is 0. The standard InChI is InChI=1S/C16H18N2O6/c1-22-11-3-4-12(13(7-11)23-2)15(20)17-6-5-10(8-17)18-14(19)9-24-16(18)21/h3-4,7,10H,5-6,8-9H2,1-2H3. The Morgan fingerprint density at radius 2 is 2.04 bits per heavy atom. The van der Waals surface area contributed by atoms with Crippen LogP contribution >= 0.6 is 0 Å². The Kier molecular flexibility index (Phi) is 4.28. The zero-order chi connectivity index (χ0) is 17.3. The average Bonchev–Trinajstić information content (AvgIpc) is 3.20. The van der Waals surface area contributed by atoms with E-state index in [4.69, 9.17) is 14.2 Å². The lowest BCUT2D eigenvalue weighted by Crippen LogP contribution is -2.42. The van der Waals surface area contributed by atoms with Crippen LogP contribution < -0.4 is 9.47 Å². The molecule has 128 valence electrons. The van der Waals surface area contributed by atoms with Crippen LogP contribution in [0.15, 0.2) is 18.2 Å². The third-order valence-electron chi connectivity index (χ3n) is 4.24. The summed E-state index contributed by atoms with van der Waals surface area (Å²) < 4.78 is 15.1. The summed E-state index contributed by atoms with van der Waals surface area (Å²) in [5, 5.41) is 0. The van der Waals surface area contributed by atoms with Crippen LogP contribution in [0.4, 0.5) is 4.79 Å². The largest absolute Gasteiger partial charge is 0.497 e. The van der Waals surface area contributed by atoms with Gasteiger partial charge in [-0.25, -0.2) is 9.69 Å². The van der Waals surface area contributed by atoms with Gasteiger partial charge in [0.25, 0.3) is 11.8 Å². The molecule has 0 N–H and O–H groups in total. The van der Waals surface area contributed by atoms with Gasteiger partial charge >= 0.3 is 6.09 Å². The van der Waals surface area contributed by atoms with Gasteiger partial charge in [-0.05, 0) is 18.6 Å². The van der Waals surface area contributed by atoms with Crippen LogP contribution in [-0.4, -0.2) is 67.7 Å². The van der Waals surface area contributed by atoms with Crippen LogP contribution in [0.3, 0.4) is 0 Å². The molecule has 0 radical (unpaired) electrons. The zero-order valence-corrected chi connectivity index (χ0v) is 13.5. The van der Waals surface area contributed by atoms with Crippen LogP contribution in [0.25, 0.3) is 0 Å². The molecule has 8 nitrogen and oxygen atoms in total. The van der Waals surface area contributed by atoms with Crippen molar-refractivity contribution >= 4 is 17.9 Å². The fourth-order valence-electron chi connectivity index (χ4n) is 3.00. The number of ether oxygens (including phenoxy) is 3. The van der Waals surface area contributed by atoms with E-state index in [1.807, 2.05) is 0 Å². The van der Waals surface area contributed by atoms with E-state index in [2.05, 4.69) is 0 Å². The second-order valence-electron chi connectivity index (χ2n) is 5.58. The van der Waals surface area contributed by atoms with Crippen LogP contribution in [0.5, 0.6) is 11.5 Å². The van der Waals surface area contributed by atoms with Gasteiger partial charge in [-0.1, -0.05) is 0 Å². The number of likely N-dealkylation sites (tertiary alicyclic amines) is 1. The van der Waals surface area contributed by atoms with Crippen molar-refractivity contribution in [1.29, 1.82) is 0 Å². The van der Waals surface area contributed by atoms with Crippen molar-refractivity contribution < 1.29 is 28.6 Å². The van der Waals surface area contributed by atoms with Gasteiger partial charge < -0.3 is 19.1 Å². The summed E-state index contributed by atoms with van der Waals surface area (Å²) in [4.78, 5) is 38.8. The minimum absolute atomic E-state index is 0.211. The van der Waals surface area contributed by atoms with Crippen LogP contribution in [0.1, 0.15) is 16.8 Å². The van der Waals surface area contributed by atoms with E-state index in [0.29, 0.717) is 30.0 Å². The van der Waals surface area contributed by atoms with Crippen molar-refractivity contribution in [2.45, 2.75) is 12.5 Å². The van der Waals surface area contributed by atoms with Crippen molar-refractivity contribution in [3.63, 3.8) is 0 Å². The Morgan fingerprint density at radius 1 is 1.25 bits per heavy atom. The minimum atomic E-state index is -0.638. The fourth-order valence-corrected chi connectivity index (χ4v) is 3.00. The van der Waals surface area contributed by atoms with Crippen molar-refractivity contribution in [2.75, 3.05) is 33.9 Å². The van der Waals surface area contributed by atoms with E-state index in [-0.39, 0.29) is 31.0 Å². The van der Waals surface area contributed by atoms with Crippen LogP contribution in [0.2, 0.25) is 0 Å². The maximum atomic E-state index is 12.7. The summed E-state index contributed by atoms with van der Waals surface area (Å²) in [5.74, 6) is 0.436. The number of amides is 3. The topological polar surface area (TPSA) is 85.4 Å². The SMILES string of the molecule is COc1ccc(C(=O)N2CCC(N3C(=O)COC3=O)C2)c(OC)c1. The van der Waals surface area contributed by atoms with Gasteiger partial charge in [0.1, 0.15) is 11.5 Å². The molecular weight excluding hydrogens is 316 g/mol. The van der Waals surface area contributed by atoms with Crippen LogP contribution in [-0.2, 0) is 9.53 Å². The highest BCUT2D eigenvalue weighted by atomic mass is 16.6. The maximum Gasteiger partial charge on any atom is 0.417 e. The quantitative estimate of drug-likeness (QED) is 0.813. The highest BCUT2D eigenvalue weighted by Crippen LogP contribution is 2.28. The van der Waals surface area contributed by atoms with E-state index >= 15 is 0 Å². The monoisotopic (exact) mass is 334 g/mol. The smallest absolute Gasteiger partial charge is 0.417 e. The van der Waals surface area contributed by atoms with Gasteiger partial charge in [0, 0.05) is 19.2 Å². The predicted octanol–water partition coefficient (Wildman–Crippen LogP) is 0.897. The molecule has 1 aromatic carbocycles. The third kappa shape index (κ3) is 2.75. The lowest BCUT2D eigenvalue weighted by Gasteiger charge is -2.21. The predicted molar refractivity (Wildman–Crippen MR) is 82.0 cm³/mol. The number of hydrogen-bond acceptors (Lipinski definition) is 6. The first-order valence-electron chi connectivity index (χ1n) is 7.55. The second kappa shape index (κ2) is 6.38. The Labute approximate surface area is 138 Å². The average molecular weight is 334 g/mol. The first-order chi connectivity index (χ1) is 11.5. The Balaban J connectivity index is 1.75. The van der Waals surface area contributed by atoms with E-state index in [1.165, 1.54) is 14.2 Å². The lowest BCUT2D eigenvalue weighted by atomic mass is 10.1. The molecular formula is C16H18N2O6. The van der Waals surface area contributed by atoms with Crippen molar-refractivity contribution in [1.82, 2.24) is 9.80 Å². The van der Waals surface area contributed by atoms with Crippen molar-refractivity contribution in [3.05, 3.63) is 23.8 Å². The molecule has 0 saturated carbocycles. The lowest BCUT2D eigenvalue weighted by molar-refractivity contribution is -0.127. The van der Waals surface area contributed by atoms with Gasteiger partial charge in [0.05, 0.1) is 25.8 Å². The summed E-state index contributed by atoms with van der Waals surface area (Å²) in [6.45, 7) is 0.514. The molecule has 0 aromatic heterocycles. The molecule has 8 heteroatoms. The normalized spacial score (nSPS) is 20.3. The third-order valence-corrected chi connectivity index (χ3v) is 4.24. The number of nitrogens with zero attached hydrogens (tertiary/aromatic N) is 2. The fraction of sp³-hybridized carbons (Fsp3) is 0.438. The summed E-state index contributed by atoms with van der Waals surface area (Å²) in [7, 11) is 3.02. The van der Waals surface area contributed by atoms with Gasteiger partial charge in [-0.15, -0.1) is 0 Å². The molecule has 0 bridgehead atoms. The summed E-state index contributed by atoms with van der Waals surface area (Å²) in [5.41, 5.74) is 0.411. The Hall–Kier alpha value is -2.77. The molecule has 1 unspecified atom stereocenters. The van der Waals surface area contributed by atoms with Crippen LogP contribution in [0, 0.1) is 0 Å². The molecule has 0 aliphatic carbocycles. The first kappa shape index (κ1) is 16.1. The molecule has 3 amide bonds. The van der Waals surface area contributed by atoms with E-state index in [9.17, 15) is 14.4 Å². The number of hydrogen-bond donors (Lipinski definition) is 0. The highest BCUT2D eigenvalue weighted by Gasteiger charge is 2.41. The molecule has 2 saturated heterocycles. The van der Waals surface area contributed by atoms with E-state index in [1.54, 1.807) is 23.1 Å². The number of rotatable bonds is 4. The highest BCUT2D eigenvalue weighted by molar-refractivity contribution is 5.99. The molecule has 0 spiro atoms. The van der Waals surface area contributed by atoms with Gasteiger partial charge in [-0.3, -0.25) is 9.59 Å². The molecule has 1 aromatic rings. The second-order valence-corrected chi connectivity index (χ2v) is 5.58. The van der Waals surface area contributed by atoms with E-state index in [0.717, 1.165) is 4.90 Å². The molecule has 3 rings (SSSR count). The van der Waals surface area contributed by atoms with Gasteiger partial charge in [0.2, 0.25) is 0 Å². The van der Waals surface area contributed by atoms with Crippen molar-refractivity contribution in [2.24, 2.45) is 0 Å². The molecule has 2 aliphatic heterocycles. The number of benzene rings is 1. The molecule has 24 heavy (non-hydrogen) atoms. The molecule has 2 aliphatic rings. The summed E-state index contributed by atoms with van der Waals surface area (Å²) in [6, 6.07) is 4.62. The summed E-state index contributed by atoms with van der Waals surface area (Å²) in [6.07, 6.45) is -0.105. The van der Waals surface area contributed by atoms with Crippen molar-refractivity contribution in [3.8, 4) is 11.5 Å². The number of carbonyl (C=O) groups excluding carboxylic acids is 3. The molecule has 2 fully saturated rings. The Bertz CT molecular complexity index is 673. The molecule has 2 heterocycles. The van der Waals surface area contributed by atoms with Gasteiger partial charge in [-0.2, -0.15) is 0 Å². The number of methoxy groups -OCH3 is 2. The Morgan fingerprint density at radius 3 is 2.67 bits per heavy atom. The number of carbonyl (C=O) groups is 3. The number of imide groups is 1. The van der Waals surface area contributed by atoms with Gasteiger partial charge in [0.15, 0.2) is 6.61 Å². The molecule has 1 atom stereocenters. The zero-order valence-electron chi connectivity index (χ0n) is 13.5.